The van der Waals surface area contributed by atoms with Gasteiger partial charge in [0.25, 0.3) is 0 Å². The van der Waals surface area contributed by atoms with Crippen LogP contribution in [0.4, 0.5) is 0 Å². The molecule has 0 N–H and O–H groups in total. The maximum Gasteiger partial charge on any atom is -0.0195 e. The van der Waals surface area contributed by atoms with Crippen molar-refractivity contribution in [2.45, 2.75) is 45.4 Å². The van der Waals surface area contributed by atoms with Crippen LogP contribution in [0.25, 0.3) is 5.57 Å². The molecule has 1 aromatic carbocycles. The lowest BCUT2D eigenvalue weighted by molar-refractivity contribution is 0.732. The second-order valence-corrected chi connectivity index (χ2v) is 4.38. The van der Waals surface area contributed by atoms with E-state index in [1.54, 1.807) is 11.1 Å². The van der Waals surface area contributed by atoms with Crippen molar-refractivity contribution in [3.63, 3.8) is 0 Å². The van der Waals surface area contributed by atoms with Crippen molar-refractivity contribution in [3.05, 3.63) is 41.5 Å². The molecule has 1 aliphatic carbocycles. The molecule has 0 saturated heterocycles. The highest BCUT2D eigenvalue weighted by molar-refractivity contribution is 5.69. The van der Waals surface area contributed by atoms with E-state index in [0.717, 1.165) is 0 Å². The molecule has 0 fully saturated rings. The molecule has 1 aliphatic rings. The molecule has 0 radical (unpaired) electrons. The van der Waals surface area contributed by atoms with Crippen LogP contribution in [0, 0.1) is 0 Å². The fourth-order valence-corrected chi connectivity index (χ4v) is 2.37. The minimum atomic E-state index is 1.23. The summed E-state index contributed by atoms with van der Waals surface area (Å²) in [6.45, 7) is 2.27. The van der Waals surface area contributed by atoms with Gasteiger partial charge in [-0.25, -0.2) is 0 Å². The SMILES string of the molecule is CCCCCC1=CCCc2ccccc21. The van der Waals surface area contributed by atoms with Crippen molar-refractivity contribution in [1.82, 2.24) is 0 Å². The van der Waals surface area contributed by atoms with Crippen LogP contribution in [-0.2, 0) is 6.42 Å². The third-order valence-corrected chi connectivity index (χ3v) is 3.22. The van der Waals surface area contributed by atoms with Crippen molar-refractivity contribution >= 4 is 5.57 Å². The van der Waals surface area contributed by atoms with Gasteiger partial charge in [0, 0.05) is 0 Å². The van der Waals surface area contributed by atoms with Gasteiger partial charge in [-0.3, -0.25) is 0 Å². The van der Waals surface area contributed by atoms with Crippen molar-refractivity contribution in [1.29, 1.82) is 0 Å². The monoisotopic (exact) mass is 200 g/mol. The Morgan fingerprint density at radius 2 is 2.00 bits per heavy atom. The lowest BCUT2D eigenvalue weighted by Crippen LogP contribution is -1.99. The highest BCUT2D eigenvalue weighted by Crippen LogP contribution is 2.29. The van der Waals surface area contributed by atoms with Crippen LogP contribution in [0.1, 0.15) is 50.2 Å². The first-order valence-electron chi connectivity index (χ1n) is 6.19. The first-order chi connectivity index (χ1) is 7.42. The molecule has 80 valence electrons. The minimum Gasteiger partial charge on any atom is -0.0804 e. The highest BCUT2D eigenvalue weighted by atomic mass is 14.2. The van der Waals surface area contributed by atoms with Crippen LogP contribution in [0.3, 0.4) is 0 Å². The number of hydrogen-bond acceptors (Lipinski definition) is 0. The zero-order chi connectivity index (χ0) is 10.5. The zero-order valence-electron chi connectivity index (χ0n) is 9.63. The molecule has 0 amide bonds. The Balaban J connectivity index is 2.09. The molecular weight excluding hydrogens is 180 g/mol. The summed E-state index contributed by atoms with van der Waals surface area (Å²) < 4.78 is 0. The fourth-order valence-electron chi connectivity index (χ4n) is 2.37. The molecule has 0 aliphatic heterocycles. The van der Waals surface area contributed by atoms with Crippen LogP contribution >= 0.6 is 0 Å². The first kappa shape index (κ1) is 10.5. The summed E-state index contributed by atoms with van der Waals surface area (Å²) in [6.07, 6.45) is 10.2. The Kier molecular flexibility index (Phi) is 3.60. The Bertz CT molecular complexity index is 347. The van der Waals surface area contributed by atoms with Crippen LogP contribution in [0.2, 0.25) is 0 Å². The van der Waals surface area contributed by atoms with Gasteiger partial charge in [0.05, 0.1) is 0 Å². The van der Waals surface area contributed by atoms with Gasteiger partial charge in [-0.05, 0) is 42.4 Å². The second kappa shape index (κ2) is 5.16. The minimum absolute atomic E-state index is 1.23. The molecule has 0 unspecified atom stereocenters. The average molecular weight is 200 g/mol. The van der Waals surface area contributed by atoms with E-state index in [9.17, 15) is 0 Å². The average Bonchev–Trinajstić information content (AvgIpc) is 2.30. The van der Waals surface area contributed by atoms with Crippen molar-refractivity contribution in [3.8, 4) is 0 Å². The summed E-state index contributed by atoms with van der Waals surface area (Å²) >= 11 is 0. The van der Waals surface area contributed by atoms with Crippen molar-refractivity contribution in [2.24, 2.45) is 0 Å². The molecule has 0 saturated carbocycles. The van der Waals surface area contributed by atoms with E-state index in [-0.39, 0.29) is 0 Å². The Morgan fingerprint density at radius 1 is 1.13 bits per heavy atom. The van der Waals surface area contributed by atoms with E-state index < -0.39 is 0 Å². The Hall–Kier alpha value is -1.04. The molecule has 0 heteroatoms. The molecule has 1 aromatic rings. The maximum absolute atomic E-state index is 2.44. The molecule has 0 aromatic heterocycles. The van der Waals surface area contributed by atoms with Crippen LogP contribution in [0.15, 0.2) is 30.3 Å². The highest BCUT2D eigenvalue weighted by Gasteiger charge is 2.10. The number of allylic oxidation sites excluding steroid dienone is 2. The van der Waals surface area contributed by atoms with Gasteiger partial charge in [0.2, 0.25) is 0 Å². The largest absolute Gasteiger partial charge is 0.0804 e. The predicted octanol–water partition coefficient (Wildman–Crippen LogP) is 4.60. The summed E-state index contributed by atoms with van der Waals surface area (Å²) in [5, 5.41) is 0. The Labute approximate surface area is 93.0 Å². The van der Waals surface area contributed by atoms with E-state index in [1.165, 1.54) is 44.1 Å². The smallest absolute Gasteiger partial charge is 0.0195 e. The quantitative estimate of drug-likeness (QED) is 0.623. The summed E-state index contributed by atoms with van der Waals surface area (Å²) in [6, 6.07) is 8.89. The number of hydrogen-bond donors (Lipinski definition) is 0. The van der Waals surface area contributed by atoms with Crippen LogP contribution < -0.4 is 0 Å². The second-order valence-electron chi connectivity index (χ2n) is 4.38. The summed E-state index contributed by atoms with van der Waals surface area (Å²) in [5.41, 5.74) is 4.65. The number of benzene rings is 1. The van der Waals surface area contributed by atoms with Crippen LogP contribution in [0.5, 0.6) is 0 Å². The number of aryl methyl sites for hydroxylation is 1. The van der Waals surface area contributed by atoms with E-state index >= 15 is 0 Å². The number of rotatable bonds is 4. The van der Waals surface area contributed by atoms with Gasteiger partial charge in [-0.2, -0.15) is 0 Å². The number of fused-ring (bicyclic) bond motifs is 1. The van der Waals surface area contributed by atoms with E-state index in [4.69, 9.17) is 0 Å². The van der Waals surface area contributed by atoms with Crippen LogP contribution in [-0.4, -0.2) is 0 Å². The molecule has 0 spiro atoms. The summed E-state index contributed by atoms with van der Waals surface area (Å²) in [4.78, 5) is 0. The van der Waals surface area contributed by atoms with E-state index in [0.29, 0.717) is 0 Å². The topological polar surface area (TPSA) is 0 Å². The molecule has 15 heavy (non-hydrogen) atoms. The molecule has 0 bridgehead atoms. The van der Waals surface area contributed by atoms with Crippen molar-refractivity contribution < 1.29 is 0 Å². The molecule has 2 rings (SSSR count). The van der Waals surface area contributed by atoms with Gasteiger partial charge in [0.1, 0.15) is 0 Å². The molecular formula is C15H20. The van der Waals surface area contributed by atoms with Gasteiger partial charge in [-0.1, -0.05) is 50.1 Å². The van der Waals surface area contributed by atoms with Gasteiger partial charge >= 0.3 is 0 Å². The standard InChI is InChI=1S/C15H20/c1-2-3-4-8-13-10-7-11-14-9-5-6-12-15(13)14/h5-6,9-10,12H,2-4,7-8,11H2,1H3. The lowest BCUT2D eigenvalue weighted by atomic mass is 9.88. The third-order valence-electron chi connectivity index (χ3n) is 3.22. The molecule has 0 heterocycles. The summed E-state index contributed by atoms with van der Waals surface area (Å²) in [5.74, 6) is 0. The third kappa shape index (κ3) is 2.50. The van der Waals surface area contributed by atoms with Gasteiger partial charge < -0.3 is 0 Å². The zero-order valence-corrected chi connectivity index (χ0v) is 9.63. The summed E-state index contributed by atoms with van der Waals surface area (Å²) in [7, 11) is 0. The number of unbranched alkanes of at least 4 members (excludes halogenated alkanes) is 2. The van der Waals surface area contributed by atoms with Gasteiger partial charge in [-0.15, -0.1) is 0 Å². The molecule has 0 atom stereocenters. The predicted molar refractivity (Wildman–Crippen MR) is 66.9 cm³/mol. The van der Waals surface area contributed by atoms with E-state index in [1.807, 2.05) is 0 Å². The van der Waals surface area contributed by atoms with Crippen molar-refractivity contribution in [2.75, 3.05) is 0 Å². The lowest BCUT2D eigenvalue weighted by Gasteiger charge is -2.17. The fraction of sp³-hybridized carbons (Fsp3) is 0.467. The van der Waals surface area contributed by atoms with E-state index in [2.05, 4.69) is 37.3 Å². The Morgan fingerprint density at radius 3 is 2.87 bits per heavy atom. The van der Waals surface area contributed by atoms with Gasteiger partial charge in [0.15, 0.2) is 0 Å². The normalized spacial score (nSPS) is 14.6. The maximum atomic E-state index is 2.44. The first-order valence-corrected chi connectivity index (χ1v) is 6.19. The molecule has 0 nitrogen and oxygen atoms in total.